The van der Waals surface area contributed by atoms with E-state index in [0.29, 0.717) is 23.4 Å². The largest absolute Gasteiger partial charge is 0.416 e. The predicted octanol–water partition coefficient (Wildman–Crippen LogP) is 4.05. The SMILES string of the molecule is O=C1NCCc2[nH]c(-c3ccnc(-c4ccc(C(F)(F)F)cc4)c3)cc21. The van der Waals surface area contributed by atoms with Crippen molar-refractivity contribution in [1.82, 2.24) is 15.3 Å². The van der Waals surface area contributed by atoms with Crippen LogP contribution in [0.3, 0.4) is 0 Å². The van der Waals surface area contributed by atoms with Crippen LogP contribution in [0, 0.1) is 0 Å². The van der Waals surface area contributed by atoms with Gasteiger partial charge in [-0.2, -0.15) is 13.2 Å². The summed E-state index contributed by atoms with van der Waals surface area (Å²) in [6, 6.07) is 10.3. The highest BCUT2D eigenvalue weighted by Gasteiger charge is 2.30. The molecule has 0 atom stereocenters. The number of hydrogen-bond acceptors (Lipinski definition) is 2. The molecule has 2 aromatic heterocycles. The first-order valence-corrected chi connectivity index (χ1v) is 8.06. The van der Waals surface area contributed by atoms with Crippen molar-refractivity contribution in [2.45, 2.75) is 12.6 Å². The van der Waals surface area contributed by atoms with Gasteiger partial charge in [0.25, 0.3) is 5.91 Å². The highest BCUT2D eigenvalue weighted by Crippen LogP contribution is 2.31. The van der Waals surface area contributed by atoms with E-state index in [1.807, 2.05) is 0 Å². The smallest absolute Gasteiger partial charge is 0.358 e. The second kappa shape index (κ2) is 6.01. The van der Waals surface area contributed by atoms with Crippen LogP contribution >= 0.6 is 0 Å². The fraction of sp³-hybridized carbons (Fsp3) is 0.158. The van der Waals surface area contributed by atoms with E-state index in [2.05, 4.69) is 15.3 Å². The molecule has 0 aliphatic carbocycles. The van der Waals surface area contributed by atoms with Crippen LogP contribution in [-0.4, -0.2) is 22.4 Å². The van der Waals surface area contributed by atoms with Crippen LogP contribution in [0.2, 0.25) is 0 Å². The van der Waals surface area contributed by atoms with Gasteiger partial charge in [-0.05, 0) is 30.3 Å². The fourth-order valence-electron chi connectivity index (χ4n) is 3.03. The zero-order valence-electron chi connectivity index (χ0n) is 13.5. The van der Waals surface area contributed by atoms with Crippen molar-refractivity contribution in [1.29, 1.82) is 0 Å². The van der Waals surface area contributed by atoms with E-state index in [1.165, 1.54) is 12.1 Å². The second-order valence-electron chi connectivity index (χ2n) is 6.09. The zero-order valence-corrected chi connectivity index (χ0v) is 13.5. The normalized spacial score (nSPS) is 14.0. The zero-order chi connectivity index (χ0) is 18.3. The summed E-state index contributed by atoms with van der Waals surface area (Å²) < 4.78 is 38.1. The van der Waals surface area contributed by atoms with Crippen molar-refractivity contribution in [3.63, 3.8) is 0 Å². The number of amides is 1. The van der Waals surface area contributed by atoms with Gasteiger partial charge in [-0.15, -0.1) is 0 Å². The summed E-state index contributed by atoms with van der Waals surface area (Å²) in [5.74, 6) is -0.106. The molecule has 26 heavy (non-hydrogen) atoms. The molecule has 2 N–H and O–H groups in total. The van der Waals surface area contributed by atoms with Gasteiger partial charge in [0.05, 0.1) is 16.8 Å². The number of alkyl halides is 3. The Morgan fingerprint density at radius 3 is 2.46 bits per heavy atom. The van der Waals surface area contributed by atoms with Crippen LogP contribution in [0.1, 0.15) is 21.6 Å². The minimum absolute atomic E-state index is 0.106. The Balaban J connectivity index is 1.68. The number of pyridine rings is 1. The Labute approximate surface area is 147 Å². The topological polar surface area (TPSA) is 57.8 Å². The van der Waals surface area contributed by atoms with Crippen molar-refractivity contribution in [2.24, 2.45) is 0 Å². The number of rotatable bonds is 2. The summed E-state index contributed by atoms with van der Waals surface area (Å²) in [5.41, 5.74) is 3.57. The molecule has 0 spiro atoms. The molecule has 1 aliphatic rings. The molecular weight excluding hydrogens is 343 g/mol. The van der Waals surface area contributed by atoms with Crippen molar-refractivity contribution < 1.29 is 18.0 Å². The monoisotopic (exact) mass is 357 g/mol. The minimum atomic E-state index is -4.36. The van der Waals surface area contributed by atoms with E-state index in [1.54, 1.807) is 24.4 Å². The minimum Gasteiger partial charge on any atom is -0.358 e. The fourth-order valence-corrected chi connectivity index (χ4v) is 3.03. The quantitative estimate of drug-likeness (QED) is 0.727. The summed E-state index contributed by atoms with van der Waals surface area (Å²) in [7, 11) is 0. The van der Waals surface area contributed by atoms with Crippen LogP contribution in [0.5, 0.6) is 0 Å². The molecule has 0 radical (unpaired) electrons. The van der Waals surface area contributed by atoms with Gasteiger partial charge in [-0.3, -0.25) is 9.78 Å². The van der Waals surface area contributed by atoms with E-state index in [4.69, 9.17) is 0 Å². The lowest BCUT2D eigenvalue weighted by molar-refractivity contribution is -0.137. The number of carbonyl (C=O) groups excluding carboxylic acids is 1. The molecule has 3 heterocycles. The van der Waals surface area contributed by atoms with Crippen LogP contribution in [-0.2, 0) is 12.6 Å². The number of fused-ring (bicyclic) bond motifs is 1. The second-order valence-corrected chi connectivity index (χ2v) is 6.09. The number of halogens is 3. The third-order valence-electron chi connectivity index (χ3n) is 4.38. The number of carbonyl (C=O) groups is 1. The Morgan fingerprint density at radius 1 is 1.00 bits per heavy atom. The molecule has 4 nitrogen and oxygen atoms in total. The number of aromatic nitrogens is 2. The average molecular weight is 357 g/mol. The van der Waals surface area contributed by atoms with Crippen molar-refractivity contribution in [3.8, 4) is 22.5 Å². The summed E-state index contributed by atoms with van der Waals surface area (Å²) in [6.07, 6.45) is -2.03. The van der Waals surface area contributed by atoms with Crippen LogP contribution in [0.25, 0.3) is 22.5 Å². The molecule has 3 aromatic rings. The van der Waals surface area contributed by atoms with Gasteiger partial charge >= 0.3 is 6.18 Å². The lowest BCUT2D eigenvalue weighted by atomic mass is 10.0. The van der Waals surface area contributed by atoms with E-state index >= 15 is 0 Å². The molecule has 7 heteroatoms. The number of hydrogen-bond donors (Lipinski definition) is 2. The first-order valence-electron chi connectivity index (χ1n) is 8.06. The number of benzene rings is 1. The van der Waals surface area contributed by atoms with E-state index < -0.39 is 11.7 Å². The number of nitrogens with one attached hydrogen (secondary N) is 2. The summed E-state index contributed by atoms with van der Waals surface area (Å²) in [5, 5.41) is 2.79. The third kappa shape index (κ3) is 2.96. The Bertz CT molecular complexity index is 974. The standard InChI is InChI=1S/C19H14F3N3O/c20-19(21,22)13-3-1-11(2-4-13)16-9-12(5-7-23-16)17-10-14-15(25-17)6-8-24-18(14)26/h1-5,7,9-10,25H,6,8H2,(H,24,26). The van der Waals surface area contributed by atoms with Crippen LogP contribution in [0.4, 0.5) is 13.2 Å². The van der Waals surface area contributed by atoms with Crippen molar-refractivity contribution in [2.75, 3.05) is 6.54 Å². The maximum Gasteiger partial charge on any atom is 0.416 e. The van der Waals surface area contributed by atoms with Gasteiger partial charge in [-0.25, -0.2) is 0 Å². The third-order valence-corrected chi connectivity index (χ3v) is 4.38. The van der Waals surface area contributed by atoms with Crippen LogP contribution in [0.15, 0.2) is 48.7 Å². The molecule has 0 saturated heterocycles. The highest BCUT2D eigenvalue weighted by molar-refractivity contribution is 5.97. The van der Waals surface area contributed by atoms with Crippen molar-refractivity contribution >= 4 is 5.91 Å². The molecular formula is C19H14F3N3O. The maximum atomic E-state index is 12.7. The molecule has 1 aliphatic heterocycles. The summed E-state index contributed by atoms with van der Waals surface area (Å²) in [4.78, 5) is 19.4. The first kappa shape index (κ1) is 16.4. The summed E-state index contributed by atoms with van der Waals surface area (Å²) >= 11 is 0. The molecule has 132 valence electrons. The Hall–Kier alpha value is -3.09. The molecule has 0 saturated carbocycles. The van der Waals surface area contributed by atoms with Gasteiger partial charge in [0.15, 0.2) is 0 Å². The molecule has 0 fully saturated rings. The number of nitrogens with zero attached hydrogens (tertiary/aromatic N) is 1. The van der Waals surface area contributed by atoms with Gasteiger partial charge < -0.3 is 10.3 Å². The number of aromatic amines is 1. The Morgan fingerprint density at radius 2 is 1.77 bits per heavy atom. The Kier molecular flexibility index (Phi) is 3.79. The molecule has 4 rings (SSSR count). The average Bonchev–Trinajstić information content (AvgIpc) is 3.07. The molecule has 0 unspecified atom stereocenters. The van der Waals surface area contributed by atoms with Crippen molar-refractivity contribution in [3.05, 3.63) is 65.5 Å². The van der Waals surface area contributed by atoms with E-state index in [0.717, 1.165) is 35.5 Å². The molecule has 1 amide bonds. The maximum absolute atomic E-state index is 12.7. The predicted molar refractivity (Wildman–Crippen MR) is 90.5 cm³/mol. The van der Waals surface area contributed by atoms with Gasteiger partial charge in [0.1, 0.15) is 0 Å². The van der Waals surface area contributed by atoms with Gasteiger partial charge in [-0.1, -0.05) is 12.1 Å². The van der Waals surface area contributed by atoms with Gasteiger partial charge in [0.2, 0.25) is 0 Å². The highest BCUT2D eigenvalue weighted by atomic mass is 19.4. The summed E-state index contributed by atoms with van der Waals surface area (Å²) in [6.45, 7) is 0.596. The molecule has 0 bridgehead atoms. The van der Waals surface area contributed by atoms with Gasteiger partial charge in [0, 0.05) is 41.7 Å². The number of H-pyrrole nitrogens is 1. The first-order chi connectivity index (χ1) is 12.4. The van der Waals surface area contributed by atoms with Crippen LogP contribution < -0.4 is 5.32 Å². The van der Waals surface area contributed by atoms with E-state index in [-0.39, 0.29) is 5.91 Å². The van der Waals surface area contributed by atoms with E-state index in [9.17, 15) is 18.0 Å². The molecule has 1 aromatic carbocycles. The lowest BCUT2D eigenvalue weighted by Crippen LogP contribution is -2.31. The lowest BCUT2D eigenvalue weighted by Gasteiger charge is -2.11.